The van der Waals surface area contributed by atoms with Gasteiger partial charge in [-0.3, -0.25) is 9.98 Å². The van der Waals surface area contributed by atoms with Crippen LogP contribution in [-0.2, 0) is 12.8 Å². The molecule has 2 aliphatic carbocycles. The third-order valence-corrected chi connectivity index (χ3v) is 5.39. The maximum atomic E-state index is 6.43. The summed E-state index contributed by atoms with van der Waals surface area (Å²) in [4.78, 5) is 9.62. The van der Waals surface area contributed by atoms with Gasteiger partial charge in [0.2, 0.25) is 0 Å². The minimum Gasteiger partial charge on any atom is -0.441 e. The molecular formula is C21H19ClN2O2. The van der Waals surface area contributed by atoms with Crippen molar-refractivity contribution in [2.45, 2.75) is 31.4 Å². The average Bonchev–Trinajstić information content (AvgIpc) is 3.24. The summed E-state index contributed by atoms with van der Waals surface area (Å²) in [6.07, 6.45) is 3.84. The van der Waals surface area contributed by atoms with E-state index < -0.39 is 5.75 Å². The number of hydrogen-bond donors (Lipinski definition) is 0. The largest absolute Gasteiger partial charge is 0.441 e. The van der Waals surface area contributed by atoms with Crippen molar-refractivity contribution >= 4 is 23.0 Å². The normalized spacial score (nSPS) is 25.0. The summed E-state index contributed by atoms with van der Waals surface area (Å²) >= 11 is 6.43. The Morgan fingerprint density at radius 3 is 1.73 bits per heavy atom. The van der Waals surface area contributed by atoms with Crippen LogP contribution >= 0.6 is 11.6 Å². The number of alkyl halides is 1. The Morgan fingerprint density at radius 2 is 1.23 bits per heavy atom. The lowest BCUT2D eigenvalue weighted by molar-refractivity contribution is 0.0771. The van der Waals surface area contributed by atoms with E-state index in [1.807, 2.05) is 24.3 Å². The average molecular weight is 367 g/mol. The van der Waals surface area contributed by atoms with Crippen LogP contribution in [0.15, 0.2) is 46.4 Å². The second kappa shape index (κ2) is 6.44. The van der Waals surface area contributed by atoms with Crippen LogP contribution < -0.4 is 9.47 Å². The number of ether oxygens (including phenoxy) is 2. The maximum Gasteiger partial charge on any atom is 0.322 e. The number of rotatable bonds is 0. The molecule has 0 amide bonds. The SMILES string of the molecule is ClC1Oc2cccc3c2/C(=N/CC/N=C2\CCc4cccc(c42)O1)CC3. The van der Waals surface area contributed by atoms with Gasteiger partial charge in [0.25, 0.3) is 0 Å². The molecule has 1 heterocycles. The van der Waals surface area contributed by atoms with Gasteiger partial charge in [0, 0.05) is 22.6 Å². The van der Waals surface area contributed by atoms with E-state index in [-0.39, 0.29) is 0 Å². The standard InChI is InChI=1S/C21H19ClN2O2/c22-21-25-17-5-1-3-13-7-9-15(19(13)17)23-11-12-24-16-10-8-14-4-2-6-18(26-21)20(14)16/h1-6,21H,7-12H2/b23-15+,24-16+. The summed E-state index contributed by atoms with van der Waals surface area (Å²) in [5, 5.41) is 0. The monoisotopic (exact) mass is 366 g/mol. The first-order chi connectivity index (χ1) is 12.8. The summed E-state index contributed by atoms with van der Waals surface area (Å²) in [6.45, 7) is 1.38. The Hall–Kier alpha value is -2.33. The van der Waals surface area contributed by atoms with Gasteiger partial charge in [-0.25, -0.2) is 0 Å². The van der Waals surface area contributed by atoms with E-state index in [1.54, 1.807) is 0 Å². The van der Waals surface area contributed by atoms with Gasteiger partial charge in [-0.1, -0.05) is 24.3 Å². The lowest BCUT2D eigenvalue weighted by Gasteiger charge is -2.18. The van der Waals surface area contributed by atoms with Crippen LogP contribution in [-0.4, -0.2) is 30.3 Å². The zero-order valence-electron chi connectivity index (χ0n) is 14.4. The number of nitrogens with zero attached hydrogens (tertiary/aromatic N) is 2. The lowest BCUT2D eigenvalue weighted by Crippen LogP contribution is -2.19. The molecule has 0 saturated carbocycles. The van der Waals surface area contributed by atoms with E-state index in [2.05, 4.69) is 12.1 Å². The molecule has 0 spiro atoms. The lowest BCUT2D eigenvalue weighted by atomic mass is 10.1. The molecule has 0 unspecified atom stereocenters. The second-order valence-electron chi connectivity index (χ2n) is 6.75. The van der Waals surface area contributed by atoms with Crippen LogP contribution in [0, 0.1) is 0 Å². The van der Waals surface area contributed by atoms with Crippen molar-refractivity contribution in [3.05, 3.63) is 58.7 Å². The fourth-order valence-electron chi connectivity index (χ4n) is 4.09. The van der Waals surface area contributed by atoms with Crippen molar-refractivity contribution in [1.82, 2.24) is 0 Å². The second-order valence-corrected chi connectivity index (χ2v) is 7.10. The molecule has 26 heavy (non-hydrogen) atoms. The van der Waals surface area contributed by atoms with Crippen LogP contribution in [0.5, 0.6) is 11.5 Å². The van der Waals surface area contributed by atoms with Crippen molar-refractivity contribution in [1.29, 1.82) is 0 Å². The molecule has 5 rings (SSSR count). The van der Waals surface area contributed by atoms with Crippen molar-refractivity contribution < 1.29 is 9.47 Å². The zero-order valence-corrected chi connectivity index (χ0v) is 15.1. The van der Waals surface area contributed by atoms with Crippen LogP contribution in [0.25, 0.3) is 0 Å². The molecule has 1 aliphatic heterocycles. The van der Waals surface area contributed by atoms with Crippen LogP contribution in [0.1, 0.15) is 35.1 Å². The van der Waals surface area contributed by atoms with Crippen molar-refractivity contribution in [2.24, 2.45) is 9.98 Å². The van der Waals surface area contributed by atoms with Crippen LogP contribution in [0.2, 0.25) is 0 Å². The molecule has 0 bridgehead atoms. The molecule has 0 N–H and O–H groups in total. The fourth-order valence-corrected chi connectivity index (χ4v) is 4.28. The van der Waals surface area contributed by atoms with E-state index in [0.29, 0.717) is 13.1 Å². The fraction of sp³-hybridized carbons (Fsp3) is 0.333. The Balaban J connectivity index is 1.59. The van der Waals surface area contributed by atoms with E-state index in [9.17, 15) is 0 Å². The molecule has 2 aromatic carbocycles. The molecule has 5 heteroatoms. The molecule has 0 radical (unpaired) electrons. The predicted octanol–water partition coefficient (Wildman–Crippen LogP) is 4.15. The Morgan fingerprint density at radius 1 is 0.731 bits per heavy atom. The smallest absolute Gasteiger partial charge is 0.322 e. The number of halogens is 1. The molecule has 0 aromatic heterocycles. The van der Waals surface area contributed by atoms with Gasteiger partial charge in [-0.2, -0.15) is 0 Å². The van der Waals surface area contributed by atoms with Gasteiger partial charge in [-0.05, 0) is 60.5 Å². The first-order valence-corrected chi connectivity index (χ1v) is 9.52. The summed E-state index contributed by atoms with van der Waals surface area (Å²) in [5.74, 6) is 0.580. The number of benzene rings is 2. The van der Waals surface area contributed by atoms with Gasteiger partial charge < -0.3 is 9.47 Å². The third kappa shape index (κ3) is 2.69. The maximum absolute atomic E-state index is 6.43. The van der Waals surface area contributed by atoms with Crippen LogP contribution in [0.3, 0.4) is 0 Å². The van der Waals surface area contributed by atoms with Gasteiger partial charge >= 0.3 is 5.75 Å². The quantitative estimate of drug-likeness (QED) is 0.657. The summed E-state index contributed by atoms with van der Waals surface area (Å²) in [7, 11) is 0. The third-order valence-electron chi connectivity index (χ3n) is 5.21. The number of aliphatic imine (C=N–C) groups is 2. The molecule has 0 atom stereocenters. The highest BCUT2D eigenvalue weighted by Gasteiger charge is 2.26. The van der Waals surface area contributed by atoms with Gasteiger partial charge in [-0.15, -0.1) is 0 Å². The van der Waals surface area contributed by atoms with E-state index in [1.165, 1.54) is 11.1 Å². The Kier molecular flexibility index (Phi) is 3.93. The Bertz CT molecular complexity index is 860. The number of hydrogen-bond acceptors (Lipinski definition) is 4. The molecule has 132 valence electrons. The molecule has 0 saturated heterocycles. The van der Waals surface area contributed by atoms with E-state index in [4.69, 9.17) is 31.1 Å². The molecule has 3 aliphatic rings. The summed E-state index contributed by atoms with van der Waals surface area (Å²) < 4.78 is 12.0. The highest BCUT2D eigenvalue weighted by Crippen LogP contribution is 2.35. The molecular weight excluding hydrogens is 348 g/mol. The molecule has 4 nitrogen and oxygen atoms in total. The van der Waals surface area contributed by atoms with Gasteiger partial charge in [0.1, 0.15) is 11.5 Å². The first kappa shape index (κ1) is 15.9. The summed E-state index contributed by atoms with van der Waals surface area (Å²) in [5.41, 5.74) is 6.84. The predicted molar refractivity (Wildman–Crippen MR) is 103 cm³/mol. The minimum absolute atomic E-state index is 0.690. The van der Waals surface area contributed by atoms with Crippen molar-refractivity contribution in [3.8, 4) is 11.5 Å². The van der Waals surface area contributed by atoms with E-state index in [0.717, 1.165) is 59.7 Å². The minimum atomic E-state index is -0.905. The highest BCUT2D eigenvalue weighted by molar-refractivity contribution is 6.19. The van der Waals surface area contributed by atoms with Crippen molar-refractivity contribution in [2.75, 3.05) is 13.1 Å². The number of aryl methyl sites for hydroxylation is 2. The topological polar surface area (TPSA) is 43.2 Å². The highest BCUT2D eigenvalue weighted by atomic mass is 35.5. The summed E-state index contributed by atoms with van der Waals surface area (Å²) in [6, 6.07) is 12.1. The Labute approximate surface area is 157 Å². The molecule has 2 aromatic rings. The van der Waals surface area contributed by atoms with Crippen molar-refractivity contribution in [3.63, 3.8) is 0 Å². The van der Waals surface area contributed by atoms with E-state index >= 15 is 0 Å². The van der Waals surface area contributed by atoms with Crippen LogP contribution in [0.4, 0.5) is 0 Å². The molecule has 0 fully saturated rings. The zero-order chi connectivity index (χ0) is 17.5. The van der Waals surface area contributed by atoms with Gasteiger partial charge in [0.05, 0.1) is 13.1 Å². The first-order valence-electron chi connectivity index (χ1n) is 9.08. The van der Waals surface area contributed by atoms with Gasteiger partial charge in [0.15, 0.2) is 0 Å².